The first-order chi connectivity index (χ1) is 4.98. The molecule has 0 aromatic carbocycles. The molecule has 0 aromatic rings. The van der Waals surface area contributed by atoms with Gasteiger partial charge in [0.05, 0.1) is 0 Å². The smallest absolute Gasteiger partial charge is 0.276 e. The van der Waals surface area contributed by atoms with Crippen LogP contribution in [0.2, 0.25) is 0 Å². The van der Waals surface area contributed by atoms with Gasteiger partial charge in [0.15, 0.2) is 0 Å². The van der Waals surface area contributed by atoms with Gasteiger partial charge in [-0.15, -0.1) is 0 Å². The monoisotopic (exact) mass is 182 g/mol. The average Bonchev–Trinajstić information content (AvgIpc) is 1.55. The fraction of sp³-hybridized carbons (Fsp3) is 0.800. The predicted molar refractivity (Wildman–Crippen MR) is 39.1 cm³/mol. The Morgan fingerprint density at radius 1 is 1.25 bits per heavy atom. The largest absolute Gasteiger partial charge is 0.370 e. The van der Waals surface area contributed by atoms with E-state index in [-0.39, 0.29) is 5.91 Å². The SMILES string of the molecule is CC(N)=O.CC(O)(O)C(N)(O)O. The number of primary amides is 1. The minimum atomic E-state index is -2.95. The number of aliphatic hydroxyl groups is 4. The second-order valence-electron chi connectivity index (χ2n) is 2.36. The van der Waals surface area contributed by atoms with Crippen LogP contribution in [0.1, 0.15) is 13.8 Å². The molecule has 0 atom stereocenters. The fourth-order valence-electron chi connectivity index (χ4n) is 0. The van der Waals surface area contributed by atoms with Crippen LogP contribution >= 0.6 is 0 Å². The minimum Gasteiger partial charge on any atom is -0.370 e. The molecule has 0 saturated carbocycles. The van der Waals surface area contributed by atoms with E-state index in [1.165, 1.54) is 6.92 Å². The molecule has 0 spiro atoms. The third kappa shape index (κ3) is 9.27. The molecular formula is C5H14N2O5. The van der Waals surface area contributed by atoms with Gasteiger partial charge >= 0.3 is 0 Å². The zero-order chi connectivity index (χ0) is 10.6. The van der Waals surface area contributed by atoms with Crippen LogP contribution in [0.5, 0.6) is 0 Å². The van der Waals surface area contributed by atoms with Crippen molar-refractivity contribution in [1.29, 1.82) is 0 Å². The van der Waals surface area contributed by atoms with E-state index in [0.29, 0.717) is 0 Å². The molecule has 0 saturated heterocycles. The van der Waals surface area contributed by atoms with Crippen molar-refractivity contribution < 1.29 is 25.2 Å². The number of amides is 1. The van der Waals surface area contributed by atoms with Crippen LogP contribution < -0.4 is 11.5 Å². The Morgan fingerprint density at radius 2 is 1.33 bits per heavy atom. The number of hydrogen-bond acceptors (Lipinski definition) is 6. The summed E-state index contributed by atoms with van der Waals surface area (Å²) in [6.45, 7) is 2.06. The Labute approximate surface area is 69.2 Å². The van der Waals surface area contributed by atoms with Crippen molar-refractivity contribution in [3.63, 3.8) is 0 Å². The molecule has 0 unspecified atom stereocenters. The van der Waals surface area contributed by atoms with Gasteiger partial charge in [-0.05, 0) is 6.92 Å². The highest BCUT2D eigenvalue weighted by molar-refractivity contribution is 5.70. The topological polar surface area (TPSA) is 150 Å². The summed E-state index contributed by atoms with van der Waals surface area (Å²) >= 11 is 0. The van der Waals surface area contributed by atoms with Gasteiger partial charge in [-0.1, -0.05) is 0 Å². The number of rotatable bonds is 1. The highest BCUT2D eigenvalue weighted by Gasteiger charge is 2.38. The summed E-state index contributed by atoms with van der Waals surface area (Å²) < 4.78 is 0. The Hall–Kier alpha value is -0.730. The number of nitrogens with two attached hydrogens (primary N) is 2. The van der Waals surface area contributed by atoms with E-state index in [1.807, 2.05) is 0 Å². The molecule has 0 rings (SSSR count). The second-order valence-corrected chi connectivity index (χ2v) is 2.36. The summed E-state index contributed by atoms with van der Waals surface area (Å²) in [6, 6.07) is 0. The Kier molecular flexibility index (Phi) is 5.00. The summed E-state index contributed by atoms with van der Waals surface area (Å²) in [5.74, 6) is -5.96. The molecule has 0 aliphatic heterocycles. The summed E-state index contributed by atoms with van der Waals surface area (Å²) in [4.78, 5) is 9.22. The highest BCUT2D eigenvalue weighted by atomic mass is 16.6. The van der Waals surface area contributed by atoms with Crippen molar-refractivity contribution >= 4 is 5.91 Å². The van der Waals surface area contributed by atoms with Crippen molar-refractivity contribution in [2.24, 2.45) is 11.5 Å². The Morgan fingerprint density at radius 3 is 1.33 bits per heavy atom. The van der Waals surface area contributed by atoms with Crippen molar-refractivity contribution in [1.82, 2.24) is 0 Å². The van der Waals surface area contributed by atoms with Crippen molar-refractivity contribution in [3.8, 4) is 0 Å². The van der Waals surface area contributed by atoms with E-state index in [1.54, 1.807) is 0 Å². The molecule has 0 aliphatic rings. The van der Waals surface area contributed by atoms with Crippen molar-refractivity contribution in [2.45, 2.75) is 25.5 Å². The average molecular weight is 182 g/mol. The van der Waals surface area contributed by atoms with Crippen LogP contribution in [0.25, 0.3) is 0 Å². The number of hydrogen-bond donors (Lipinski definition) is 6. The van der Waals surface area contributed by atoms with E-state index in [9.17, 15) is 4.79 Å². The first-order valence-corrected chi connectivity index (χ1v) is 2.93. The zero-order valence-electron chi connectivity index (χ0n) is 6.85. The lowest BCUT2D eigenvalue weighted by Gasteiger charge is -2.26. The van der Waals surface area contributed by atoms with E-state index >= 15 is 0 Å². The van der Waals surface area contributed by atoms with Crippen LogP contribution in [0.3, 0.4) is 0 Å². The molecule has 0 aliphatic carbocycles. The van der Waals surface area contributed by atoms with E-state index in [0.717, 1.165) is 6.92 Å². The summed E-state index contributed by atoms with van der Waals surface area (Å²) in [5.41, 5.74) is 8.90. The molecule has 0 heterocycles. The lowest BCUT2D eigenvalue weighted by atomic mass is 10.2. The van der Waals surface area contributed by atoms with Gasteiger partial charge < -0.3 is 26.2 Å². The third-order valence-electron chi connectivity index (χ3n) is 0.697. The van der Waals surface area contributed by atoms with Crippen LogP contribution in [0.4, 0.5) is 0 Å². The first kappa shape index (κ1) is 13.8. The molecule has 7 heteroatoms. The van der Waals surface area contributed by atoms with Crippen LogP contribution in [-0.2, 0) is 4.79 Å². The van der Waals surface area contributed by atoms with Gasteiger partial charge in [0.2, 0.25) is 11.7 Å². The standard InChI is InChI=1S/C3H9NO4.C2H5NO/c1-2(5,6)3(4,7)8;1-2(3)4/h5-8H,4H2,1H3;1H3,(H2,3,4). The van der Waals surface area contributed by atoms with Crippen LogP contribution in [0, 0.1) is 0 Å². The highest BCUT2D eigenvalue weighted by Crippen LogP contribution is 2.07. The number of carbonyl (C=O) groups is 1. The maximum atomic E-state index is 9.22. The minimum absolute atomic E-state index is 0.333. The Balaban J connectivity index is 0. The quantitative estimate of drug-likeness (QED) is 0.235. The van der Waals surface area contributed by atoms with E-state index < -0.39 is 11.7 Å². The molecule has 0 aromatic heterocycles. The molecule has 0 radical (unpaired) electrons. The van der Waals surface area contributed by atoms with Gasteiger partial charge in [0.1, 0.15) is 0 Å². The van der Waals surface area contributed by atoms with Crippen molar-refractivity contribution in [3.05, 3.63) is 0 Å². The van der Waals surface area contributed by atoms with Gasteiger partial charge in [-0.3, -0.25) is 10.5 Å². The molecule has 7 nitrogen and oxygen atoms in total. The summed E-state index contributed by atoms with van der Waals surface area (Å²) in [5, 5.41) is 32.9. The lowest BCUT2D eigenvalue weighted by Crippen LogP contribution is -2.59. The molecule has 12 heavy (non-hydrogen) atoms. The van der Waals surface area contributed by atoms with E-state index in [4.69, 9.17) is 20.4 Å². The second kappa shape index (κ2) is 4.33. The fourth-order valence-corrected chi connectivity index (χ4v) is 0. The van der Waals surface area contributed by atoms with Crippen LogP contribution in [-0.4, -0.2) is 38.0 Å². The molecule has 0 fully saturated rings. The summed E-state index contributed by atoms with van der Waals surface area (Å²) in [6.07, 6.45) is 0. The van der Waals surface area contributed by atoms with Gasteiger partial charge in [0.25, 0.3) is 5.91 Å². The predicted octanol–water partition coefficient (Wildman–Crippen LogP) is -3.22. The van der Waals surface area contributed by atoms with Gasteiger partial charge in [-0.2, -0.15) is 0 Å². The maximum absolute atomic E-state index is 9.22. The van der Waals surface area contributed by atoms with Gasteiger partial charge in [0, 0.05) is 6.92 Å². The normalized spacial score (nSPS) is 11.6. The van der Waals surface area contributed by atoms with E-state index in [2.05, 4.69) is 11.5 Å². The third-order valence-corrected chi connectivity index (χ3v) is 0.697. The molecule has 8 N–H and O–H groups in total. The molecule has 74 valence electrons. The lowest BCUT2D eigenvalue weighted by molar-refractivity contribution is -0.345. The maximum Gasteiger partial charge on any atom is 0.276 e. The Bertz CT molecular complexity index is 129. The zero-order valence-corrected chi connectivity index (χ0v) is 6.85. The first-order valence-electron chi connectivity index (χ1n) is 2.93. The van der Waals surface area contributed by atoms with Crippen molar-refractivity contribution in [2.75, 3.05) is 0 Å². The van der Waals surface area contributed by atoms with Gasteiger partial charge in [-0.25, -0.2) is 0 Å². The molecule has 1 amide bonds. The number of carbonyl (C=O) groups excluding carboxylic acids is 1. The molecule has 0 bridgehead atoms. The van der Waals surface area contributed by atoms with Crippen LogP contribution in [0.15, 0.2) is 0 Å². The summed E-state index contributed by atoms with van der Waals surface area (Å²) in [7, 11) is 0. The molecular weight excluding hydrogens is 168 g/mol.